The summed E-state index contributed by atoms with van der Waals surface area (Å²) in [5.74, 6) is 0. The summed E-state index contributed by atoms with van der Waals surface area (Å²) in [5, 5.41) is 8.24. The van der Waals surface area contributed by atoms with E-state index in [1.807, 2.05) is 0 Å². The van der Waals surface area contributed by atoms with E-state index in [0.29, 0.717) is 0 Å². The largest absolute Gasteiger partial charge is 0.703 e. The van der Waals surface area contributed by atoms with Crippen molar-refractivity contribution in [2.75, 3.05) is 12.8 Å². The van der Waals surface area contributed by atoms with Crippen LogP contribution in [0.15, 0.2) is 0 Å². The van der Waals surface area contributed by atoms with Gasteiger partial charge in [0.15, 0.2) is 0 Å². The van der Waals surface area contributed by atoms with Crippen molar-refractivity contribution in [1.82, 2.24) is 0 Å². The second-order valence-electron chi connectivity index (χ2n) is 1.76. The molecule has 11 heavy (non-hydrogen) atoms. The minimum absolute atomic E-state index is 0.0664. The van der Waals surface area contributed by atoms with Crippen LogP contribution in [0.25, 0.3) is 0 Å². The molecule has 0 saturated carbocycles. The molecule has 0 aliphatic heterocycles. The van der Waals surface area contributed by atoms with Crippen molar-refractivity contribution in [1.29, 1.82) is 0 Å². The highest BCUT2D eigenvalue weighted by Crippen LogP contribution is 2.49. The van der Waals surface area contributed by atoms with E-state index < -0.39 is 15.9 Å². The molecule has 0 spiro atoms. The molecule has 0 aromatic rings. The molecule has 66 valence electrons. The van der Waals surface area contributed by atoms with Gasteiger partial charge in [-0.2, -0.15) is 0 Å². The van der Waals surface area contributed by atoms with Gasteiger partial charge in [-0.05, 0) is 10.7 Å². The first-order valence-electron chi connectivity index (χ1n) is 2.76. The average Bonchev–Trinajstić information content (AvgIpc) is 1.81. The molecular formula is C3H9O6P2+. The van der Waals surface area contributed by atoms with Crippen LogP contribution in [-0.2, 0) is 13.4 Å². The molecule has 6 nitrogen and oxygen atoms in total. The molecule has 0 heterocycles. The van der Waals surface area contributed by atoms with Gasteiger partial charge < -0.3 is 10.00 Å². The van der Waals surface area contributed by atoms with Crippen LogP contribution >= 0.6 is 15.9 Å². The number of aliphatic hydroxyl groups is 1. The highest BCUT2D eigenvalue weighted by molar-refractivity contribution is 7.59. The highest BCUT2D eigenvalue weighted by atomic mass is 31.2. The Morgan fingerprint density at radius 3 is 2.45 bits per heavy atom. The van der Waals surface area contributed by atoms with Crippen molar-refractivity contribution in [2.45, 2.75) is 6.42 Å². The summed E-state index contributed by atoms with van der Waals surface area (Å²) in [5.41, 5.74) is 0. The molecule has 0 aromatic heterocycles. The van der Waals surface area contributed by atoms with Gasteiger partial charge in [0, 0.05) is 11.2 Å². The summed E-state index contributed by atoms with van der Waals surface area (Å²) >= 11 is 0. The summed E-state index contributed by atoms with van der Waals surface area (Å²) in [7, 11) is -7.01. The van der Waals surface area contributed by atoms with Gasteiger partial charge >= 0.3 is 15.9 Å². The van der Waals surface area contributed by atoms with E-state index in [4.69, 9.17) is 14.9 Å². The van der Waals surface area contributed by atoms with Gasteiger partial charge in [-0.1, -0.05) is 0 Å². The highest BCUT2D eigenvalue weighted by Gasteiger charge is 2.31. The SMILES string of the molecule is O=[P+](O)OP(=O)(O)CCCO. The van der Waals surface area contributed by atoms with Crippen LogP contribution in [0, 0.1) is 0 Å². The van der Waals surface area contributed by atoms with E-state index >= 15 is 0 Å². The third-order valence-electron chi connectivity index (χ3n) is 0.796. The first-order chi connectivity index (χ1) is 4.98. The monoisotopic (exact) mass is 203 g/mol. The fourth-order valence-corrected chi connectivity index (χ4v) is 2.16. The first kappa shape index (κ1) is 11.2. The van der Waals surface area contributed by atoms with Crippen molar-refractivity contribution in [3.63, 3.8) is 0 Å². The van der Waals surface area contributed by atoms with E-state index in [2.05, 4.69) is 4.31 Å². The molecule has 0 aliphatic rings. The lowest BCUT2D eigenvalue weighted by Crippen LogP contribution is -1.93. The fourth-order valence-electron chi connectivity index (χ4n) is 0.420. The van der Waals surface area contributed by atoms with E-state index in [1.165, 1.54) is 0 Å². The second-order valence-corrected chi connectivity index (χ2v) is 4.61. The lowest BCUT2D eigenvalue weighted by atomic mass is 10.5. The molecule has 2 unspecified atom stereocenters. The Bertz CT molecular complexity index is 179. The molecule has 0 aromatic carbocycles. The van der Waals surface area contributed by atoms with E-state index in [9.17, 15) is 9.13 Å². The maximum Gasteiger partial charge on any atom is 0.703 e. The molecule has 8 heteroatoms. The van der Waals surface area contributed by atoms with Gasteiger partial charge in [-0.15, -0.1) is 4.89 Å². The van der Waals surface area contributed by atoms with Crippen LogP contribution in [0.5, 0.6) is 0 Å². The molecule has 0 radical (unpaired) electrons. The predicted molar refractivity (Wildman–Crippen MR) is 37.3 cm³/mol. The van der Waals surface area contributed by atoms with E-state index in [-0.39, 0.29) is 19.2 Å². The Kier molecular flexibility index (Phi) is 5.01. The van der Waals surface area contributed by atoms with Crippen molar-refractivity contribution < 1.29 is 28.3 Å². The lowest BCUT2D eigenvalue weighted by Gasteiger charge is -1.99. The average molecular weight is 203 g/mol. The van der Waals surface area contributed by atoms with Crippen molar-refractivity contribution >= 4 is 15.9 Å². The third-order valence-corrected chi connectivity index (χ3v) is 3.26. The molecule has 0 saturated heterocycles. The van der Waals surface area contributed by atoms with Crippen LogP contribution in [0.1, 0.15) is 6.42 Å². The molecule has 0 amide bonds. The fraction of sp³-hybridized carbons (Fsp3) is 1.00. The minimum atomic E-state index is -3.96. The Balaban J connectivity index is 3.80. The molecule has 0 bridgehead atoms. The van der Waals surface area contributed by atoms with Gasteiger partial charge in [-0.3, -0.25) is 4.57 Å². The molecule has 0 fully saturated rings. The van der Waals surface area contributed by atoms with Crippen LogP contribution in [0.4, 0.5) is 0 Å². The maximum atomic E-state index is 10.7. The molecule has 2 atom stereocenters. The Morgan fingerprint density at radius 2 is 2.09 bits per heavy atom. The molecule has 0 rings (SSSR count). The van der Waals surface area contributed by atoms with Crippen molar-refractivity contribution in [3.05, 3.63) is 0 Å². The number of hydrogen-bond acceptors (Lipinski definition) is 4. The summed E-state index contributed by atoms with van der Waals surface area (Å²) in [4.78, 5) is 16.8. The maximum absolute atomic E-state index is 10.7. The Morgan fingerprint density at radius 1 is 1.55 bits per heavy atom. The summed E-state index contributed by atoms with van der Waals surface area (Å²) in [6.45, 7) is -0.254. The smallest absolute Gasteiger partial charge is 0.396 e. The second kappa shape index (κ2) is 4.93. The number of rotatable bonds is 5. The zero-order valence-corrected chi connectivity index (χ0v) is 7.37. The lowest BCUT2D eigenvalue weighted by molar-refractivity contribution is 0.288. The predicted octanol–water partition coefficient (Wildman–Crippen LogP) is 0.220. The summed E-state index contributed by atoms with van der Waals surface area (Å²) in [6.07, 6.45) is -0.248. The van der Waals surface area contributed by atoms with Gasteiger partial charge in [0.05, 0.1) is 6.16 Å². The van der Waals surface area contributed by atoms with Gasteiger partial charge in [-0.25, -0.2) is 0 Å². The standard InChI is InChI=1S/C3H8O6P2/c4-2-1-3-11(7,8)9-10(5)6/h4H,1-3H2,(H-,5,6,7,8)/p+1. The van der Waals surface area contributed by atoms with Gasteiger partial charge in [0.25, 0.3) is 0 Å². The van der Waals surface area contributed by atoms with Crippen molar-refractivity contribution in [2.24, 2.45) is 0 Å². The summed E-state index contributed by atoms with van der Waals surface area (Å²) in [6, 6.07) is 0. The topological polar surface area (TPSA) is 104 Å². The van der Waals surface area contributed by atoms with Crippen LogP contribution in [0.2, 0.25) is 0 Å². The van der Waals surface area contributed by atoms with Crippen LogP contribution in [0.3, 0.4) is 0 Å². The van der Waals surface area contributed by atoms with Crippen LogP contribution in [-0.4, -0.2) is 27.7 Å². The Hall–Kier alpha value is 0.170. The zero-order chi connectivity index (χ0) is 8.91. The zero-order valence-electron chi connectivity index (χ0n) is 5.58. The van der Waals surface area contributed by atoms with Crippen molar-refractivity contribution in [3.8, 4) is 0 Å². The van der Waals surface area contributed by atoms with Crippen LogP contribution < -0.4 is 0 Å². The minimum Gasteiger partial charge on any atom is -0.396 e. The normalized spacial score (nSPS) is 17.5. The third kappa shape index (κ3) is 6.56. The molecule has 3 N–H and O–H groups in total. The van der Waals surface area contributed by atoms with Gasteiger partial charge in [0.2, 0.25) is 0 Å². The number of hydrogen-bond donors (Lipinski definition) is 3. The van der Waals surface area contributed by atoms with Gasteiger partial charge in [0.1, 0.15) is 0 Å². The van der Waals surface area contributed by atoms with E-state index in [1.54, 1.807) is 0 Å². The number of aliphatic hydroxyl groups excluding tert-OH is 1. The molecular weight excluding hydrogens is 194 g/mol. The quantitative estimate of drug-likeness (QED) is 0.552. The first-order valence-corrected chi connectivity index (χ1v) is 5.66. The van der Waals surface area contributed by atoms with E-state index in [0.717, 1.165) is 0 Å². The molecule has 0 aliphatic carbocycles. The Labute approximate surface area is 64.3 Å². The summed E-state index contributed by atoms with van der Waals surface area (Å²) < 4.78 is 24.4.